The van der Waals surface area contributed by atoms with Crippen LogP contribution in [0.2, 0.25) is 0 Å². The van der Waals surface area contributed by atoms with Gasteiger partial charge in [-0.05, 0) is 18.8 Å². The van der Waals surface area contributed by atoms with Crippen molar-refractivity contribution in [3.05, 3.63) is 12.2 Å². The van der Waals surface area contributed by atoms with Crippen molar-refractivity contribution >= 4 is 0 Å². The number of nitrogens with zero attached hydrogens (tertiary/aromatic N) is 1. The lowest BCUT2D eigenvalue weighted by Gasteiger charge is -2.22. The second-order valence-electron chi connectivity index (χ2n) is 4.31. The zero-order chi connectivity index (χ0) is 9.80. The molecule has 2 aliphatic rings. The van der Waals surface area contributed by atoms with E-state index in [-0.39, 0.29) is 0 Å². The Hall–Kier alpha value is -0.380. The molecular weight excluding hydrogens is 176 g/mol. The summed E-state index contributed by atoms with van der Waals surface area (Å²) in [5, 5.41) is 0. The molecule has 2 rings (SSSR count). The molecule has 0 aromatic rings. The van der Waals surface area contributed by atoms with Gasteiger partial charge in [0.25, 0.3) is 0 Å². The molecule has 2 N–H and O–H groups in total. The SMILES string of the molecule is NC1C=CC(CN2CCCOCC2)C1. The van der Waals surface area contributed by atoms with Crippen LogP contribution < -0.4 is 5.73 Å². The van der Waals surface area contributed by atoms with E-state index in [4.69, 9.17) is 10.5 Å². The number of hydrogen-bond acceptors (Lipinski definition) is 3. The Bertz CT molecular complexity index is 197. The fourth-order valence-electron chi connectivity index (χ4n) is 2.25. The predicted octanol–water partition coefficient (Wildman–Crippen LogP) is 0.612. The summed E-state index contributed by atoms with van der Waals surface area (Å²) in [7, 11) is 0. The van der Waals surface area contributed by atoms with Gasteiger partial charge in [0.05, 0.1) is 6.61 Å². The number of hydrogen-bond donors (Lipinski definition) is 1. The lowest BCUT2D eigenvalue weighted by Crippen LogP contribution is -2.31. The average molecular weight is 196 g/mol. The third-order valence-electron chi connectivity index (χ3n) is 3.01. The first-order valence-electron chi connectivity index (χ1n) is 5.58. The van der Waals surface area contributed by atoms with Crippen LogP contribution in [0, 0.1) is 5.92 Å². The van der Waals surface area contributed by atoms with Crippen molar-refractivity contribution in [3.63, 3.8) is 0 Å². The van der Waals surface area contributed by atoms with Gasteiger partial charge in [-0.1, -0.05) is 12.2 Å². The topological polar surface area (TPSA) is 38.5 Å². The molecule has 80 valence electrons. The van der Waals surface area contributed by atoms with Gasteiger partial charge in [-0.15, -0.1) is 0 Å². The van der Waals surface area contributed by atoms with Crippen molar-refractivity contribution in [1.82, 2.24) is 4.90 Å². The fourth-order valence-corrected chi connectivity index (χ4v) is 2.25. The number of rotatable bonds is 2. The van der Waals surface area contributed by atoms with Crippen LogP contribution >= 0.6 is 0 Å². The maximum Gasteiger partial charge on any atom is 0.0593 e. The van der Waals surface area contributed by atoms with Gasteiger partial charge >= 0.3 is 0 Å². The molecule has 1 aliphatic carbocycles. The highest BCUT2D eigenvalue weighted by Crippen LogP contribution is 2.18. The normalized spacial score (nSPS) is 34.6. The average Bonchev–Trinajstić information content (AvgIpc) is 2.43. The summed E-state index contributed by atoms with van der Waals surface area (Å²) in [4.78, 5) is 2.50. The monoisotopic (exact) mass is 196 g/mol. The molecule has 0 bridgehead atoms. The molecule has 0 aromatic carbocycles. The molecule has 1 saturated heterocycles. The van der Waals surface area contributed by atoms with E-state index in [0.717, 1.165) is 32.7 Å². The fraction of sp³-hybridized carbons (Fsp3) is 0.818. The van der Waals surface area contributed by atoms with Crippen LogP contribution in [0.5, 0.6) is 0 Å². The van der Waals surface area contributed by atoms with Gasteiger partial charge in [-0.25, -0.2) is 0 Å². The molecule has 1 fully saturated rings. The Morgan fingerprint density at radius 3 is 3.00 bits per heavy atom. The summed E-state index contributed by atoms with van der Waals surface area (Å²) < 4.78 is 5.43. The molecule has 0 radical (unpaired) electrons. The van der Waals surface area contributed by atoms with Gasteiger partial charge in [-0.2, -0.15) is 0 Å². The minimum absolute atomic E-state index is 0.295. The second kappa shape index (κ2) is 4.91. The molecule has 0 saturated carbocycles. The Balaban J connectivity index is 1.76. The van der Waals surface area contributed by atoms with E-state index in [9.17, 15) is 0 Å². The van der Waals surface area contributed by atoms with E-state index in [0.29, 0.717) is 12.0 Å². The van der Waals surface area contributed by atoms with Crippen molar-refractivity contribution in [2.45, 2.75) is 18.9 Å². The first-order chi connectivity index (χ1) is 6.84. The maximum atomic E-state index is 5.83. The maximum absolute atomic E-state index is 5.83. The molecule has 2 atom stereocenters. The molecule has 0 spiro atoms. The Morgan fingerprint density at radius 2 is 2.21 bits per heavy atom. The summed E-state index contributed by atoms with van der Waals surface area (Å²) in [6.45, 7) is 5.24. The molecule has 3 heteroatoms. The molecule has 0 aromatic heterocycles. The first kappa shape index (κ1) is 10.1. The molecule has 0 amide bonds. The minimum atomic E-state index is 0.295. The Morgan fingerprint density at radius 1 is 1.29 bits per heavy atom. The van der Waals surface area contributed by atoms with Crippen LogP contribution in [0.4, 0.5) is 0 Å². The van der Waals surface area contributed by atoms with E-state index in [1.807, 2.05) is 0 Å². The van der Waals surface area contributed by atoms with E-state index in [1.54, 1.807) is 0 Å². The van der Waals surface area contributed by atoms with E-state index < -0.39 is 0 Å². The highest BCUT2D eigenvalue weighted by atomic mass is 16.5. The largest absolute Gasteiger partial charge is 0.380 e. The quantitative estimate of drug-likeness (QED) is 0.658. The van der Waals surface area contributed by atoms with E-state index >= 15 is 0 Å². The standard InChI is InChI=1S/C11H20N2O/c12-11-3-2-10(8-11)9-13-4-1-6-14-7-5-13/h2-3,10-11H,1,4-9,12H2. The van der Waals surface area contributed by atoms with Crippen LogP contribution in [0.25, 0.3) is 0 Å². The lowest BCUT2D eigenvalue weighted by molar-refractivity contribution is 0.139. The summed E-state index contributed by atoms with van der Waals surface area (Å²) >= 11 is 0. The van der Waals surface area contributed by atoms with Gasteiger partial charge in [0.1, 0.15) is 0 Å². The van der Waals surface area contributed by atoms with Crippen molar-refractivity contribution in [2.75, 3.05) is 32.8 Å². The van der Waals surface area contributed by atoms with Crippen LogP contribution in [0.3, 0.4) is 0 Å². The van der Waals surface area contributed by atoms with Crippen molar-refractivity contribution in [3.8, 4) is 0 Å². The Labute approximate surface area is 85.9 Å². The third-order valence-corrected chi connectivity index (χ3v) is 3.01. The minimum Gasteiger partial charge on any atom is -0.380 e. The molecule has 2 unspecified atom stereocenters. The lowest BCUT2D eigenvalue weighted by atomic mass is 10.1. The van der Waals surface area contributed by atoms with Crippen LogP contribution in [-0.4, -0.2) is 43.8 Å². The Kier molecular flexibility index (Phi) is 3.56. The summed E-state index contributed by atoms with van der Waals surface area (Å²) in [6.07, 6.45) is 6.70. The zero-order valence-electron chi connectivity index (χ0n) is 8.69. The molecular formula is C11H20N2O. The number of ether oxygens (including phenoxy) is 1. The van der Waals surface area contributed by atoms with Crippen LogP contribution in [0.15, 0.2) is 12.2 Å². The van der Waals surface area contributed by atoms with Gasteiger partial charge in [0, 0.05) is 32.3 Å². The van der Waals surface area contributed by atoms with Gasteiger partial charge in [0.15, 0.2) is 0 Å². The molecule has 14 heavy (non-hydrogen) atoms. The van der Waals surface area contributed by atoms with Crippen LogP contribution in [-0.2, 0) is 4.74 Å². The van der Waals surface area contributed by atoms with Crippen molar-refractivity contribution in [2.24, 2.45) is 11.7 Å². The molecule has 1 heterocycles. The highest BCUT2D eigenvalue weighted by Gasteiger charge is 2.19. The van der Waals surface area contributed by atoms with Gasteiger partial charge < -0.3 is 15.4 Å². The summed E-state index contributed by atoms with van der Waals surface area (Å²) in [5.74, 6) is 0.670. The number of nitrogens with two attached hydrogens (primary N) is 1. The third kappa shape index (κ3) is 2.80. The smallest absolute Gasteiger partial charge is 0.0593 e. The summed E-state index contributed by atoms with van der Waals surface area (Å²) in [6, 6.07) is 0.295. The van der Waals surface area contributed by atoms with Crippen molar-refractivity contribution in [1.29, 1.82) is 0 Å². The first-order valence-corrected chi connectivity index (χ1v) is 5.58. The molecule has 1 aliphatic heterocycles. The van der Waals surface area contributed by atoms with Crippen molar-refractivity contribution < 1.29 is 4.74 Å². The van der Waals surface area contributed by atoms with E-state index in [2.05, 4.69) is 17.1 Å². The highest BCUT2D eigenvalue weighted by molar-refractivity contribution is 5.05. The summed E-state index contributed by atoms with van der Waals surface area (Å²) in [5.41, 5.74) is 5.83. The zero-order valence-corrected chi connectivity index (χ0v) is 8.69. The van der Waals surface area contributed by atoms with Gasteiger partial charge in [0.2, 0.25) is 0 Å². The second-order valence-corrected chi connectivity index (χ2v) is 4.31. The predicted molar refractivity (Wildman–Crippen MR) is 57.1 cm³/mol. The van der Waals surface area contributed by atoms with Crippen LogP contribution in [0.1, 0.15) is 12.8 Å². The van der Waals surface area contributed by atoms with E-state index in [1.165, 1.54) is 13.0 Å². The van der Waals surface area contributed by atoms with Gasteiger partial charge in [-0.3, -0.25) is 0 Å². The molecule has 3 nitrogen and oxygen atoms in total.